The highest BCUT2D eigenvalue weighted by Crippen LogP contribution is 2.27. The number of nitrogen functional groups attached to an aromatic ring is 1. The van der Waals surface area contributed by atoms with E-state index in [1.54, 1.807) is 35.8 Å². The van der Waals surface area contributed by atoms with Crippen molar-refractivity contribution in [2.24, 2.45) is 0 Å². The molecule has 4 nitrogen and oxygen atoms in total. The Bertz CT molecular complexity index is 661. The van der Waals surface area contributed by atoms with Gasteiger partial charge in [0.1, 0.15) is 5.82 Å². The SMILES string of the molecule is CCOC(=O)c1sc(=S)n(-c2ccc(Cl)cc2)c1N. The number of hydrogen-bond acceptors (Lipinski definition) is 5. The number of carbonyl (C=O) groups excluding carboxylic acids is 1. The van der Waals surface area contributed by atoms with Gasteiger partial charge in [-0.1, -0.05) is 22.9 Å². The lowest BCUT2D eigenvalue weighted by Crippen LogP contribution is -2.08. The molecule has 1 aromatic heterocycles. The highest BCUT2D eigenvalue weighted by Gasteiger charge is 2.18. The van der Waals surface area contributed by atoms with Crippen LogP contribution >= 0.6 is 35.2 Å². The first-order valence-corrected chi connectivity index (χ1v) is 7.09. The first kappa shape index (κ1) is 14.0. The normalized spacial score (nSPS) is 10.4. The Morgan fingerprint density at radius 2 is 2.11 bits per heavy atom. The van der Waals surface area contributed by atoms with Crippen LogP contribution in [-0.4, -0.2) is 17.1 Å². The summed E-state index contributed by atoms with van der Waals surface area (Å²) in [6, 6.07) is 7.05. The molecule has 0 aliphatic carbocycles. The number of nitrogens with two attached hydrogens (primary N) is 1. The molecule has 0 spiro atoms. The smallest absolute Gasteiger partial charge is 0.352 e. The summed E-state index contributed by atoms with van der Waals surface area (Å²) in [4.78, 5) is 12.1. The van der Waals surface area contributed by atoms with Crippen molar-refractivity contribution < 1.29 is 9.53 Å². The van der Waals surface area contributed by atoms with E-state index >= 15 is 0 Å². The molecule has 2 rings (SSSR count). The molecule has 100 valence electrons. The van der Waals surface area contributed by atoms with Crippen molar-refractivity contribution in [3.05, 3.63) is 38.1 Å². The molecule has 1 aromatic carbocycles. The van der Waals surface area contributed by atoms with E-state index in [-0.39, 0.29) is 5.82 Å². The highest BCUT2D eigenvalue weighted by atomic mass is 35.5. The zero-order valence-electron chi connectivity index (χ0n) is 10.1. The third-order valence-corrected chi connectivity index (χ3v) is 4.01. The molecule has 0 atom stereocenters. The molecule has 0 saturated carbocycles. The molecule has 2 N–H and O–H groups in total. The molecule has 1 heterocycles. The molecular formula is C12H11ClN2O2S2. The number of aromatic nitrogens is 1. The number of nitrogens with zero attached hydrogens (tertiary/aromatic N) is 1. The van der Waals surface area contributed by atoms with Gasteiger partial charge in [0.15, 0.2) is 8.83 Å². The maximum absolute atomic E-state index is 11.7. The van der Waals surface area contributed by atoms with Crippen molar-refractivity contribution in [2.45, 2.75) is 6.92 Å². The zero-order chi connectivity index (χ0) is 14.0. The van der Waals surface area contributed by atoms with Crippen molar-refractivity contribution in [3.8, 4) is 5.69 Å². The van der Waals surface area contributed by atoms with E-state index in [0.29, 0.717) is 20.5 Å². The minimum atomic E-state index is -0.455. The number of hydrogen-bond donors (Lipinski definition) is 1. The molecule has 0 fully saturated rings. The van der Waals surface area contributed by atoms with Crippen LogP contribution in [0.15, 0.2) is 24.3 Å². The molecule has 7 heteroatoms. The second kappa shape index (κ2) is 5.73. The van der Waals surface area contributed by atoms with Gasteiger partial charge in [-0.25, -0.2) is 4.79 Å². The Morgan fingerprint density at radius 3 is 2.68 bits per heavy atom. The lowest BCUT2D eigenvalue weighted by Gasteiger charge is -2.06. The number of thiazole rings is 1. The van der Waals surface area contributed by atoms with Crippen molar-refractivity contribution in [3.63, 3.8) is 0 Å². The second-order valence-corrected chi connectivity index (χ2v) is 5.70. The van der Waals surface area contributed by atoms with Gasteiger partial charge < -0.3 is 10.5 Å². The monoisotopic (exact) mass is 314 g/mol. The van der Waals surface area contributed by atoms with Gasteiger partial charge in [0.2, 0.25) is 0 Å². The Hall–Kier alpha value is -1.37. The lowest BCUT2D eigenvalue weighted by molar-refractivity contribution is 0.0533. The first-order valence-electron chi connectivity index (χ1n) is 5.49. The van der Waals surface area contributed by atoms with Gasteiger partial charge in [0.05, 0.1) is 6.61 Å². The number of anilines is 1. The van der Waals surface area contributed by atoms with E-state index in [1.807, 2.05) is 0 Å². The standard InChI is InChI=1S/C12H11ClN2O2S2/c1-2-17-11(16)9-10(14)15(12(18)19-9)8-5-3-7(13)4-6-8/h3-6H,2,14H2,1H3. The number of benzene rings is 1. The van der Waals surface area contributed by atoms with Crippen molar-refractivity contribution in [1.29, 1.82) is 0 Å². The number of carbonyl (C=O) groups is 1. The maximum Gasteiger partial charge on any atom is 0.352 e. The largest absolute Gasteiger partial charge is 0.462 e. The van der Waals surface area contributed by atoms with E-state index in [9.17, 15) is 4.79 Å². The number of halogens is 1. The van der Waals surface area contributed by atoms with Crippen molar-refractivity contribution >= 4 is 46.9 Å². The molecule has 0 aliphatic heterocycles. The maximum atomic E-state index is 11.7. The molecule has 0 radical (unpaired) electrons. The minimum absolute atomic E-state index is 0.288. The van der Waals surface area contributed by atoms with Gasteiger partial charge in [-0.05, 0) is 43.4 Å². The molecule has 19 heavy (non-hydrogen) atoms. The van der Waals surface area contributed by atoms with Crippen LogP contribution in [0.1, 0.15) is 16.6 Å². The van der Waals surface area contributed by atoms with Crippen LogP contribution in [0.4, 0.5) is 5.82 Å². The fraction of sp³-hybridized carbons (Fsp3) is 0.167. The van der Waals surface area contributed by atoms with Gasteiger partial charge in [-0.3, -0.25) is 4.57 Å². The van der Waals surface area contributed by atoms with Crippen LogP contribution in [0.3, 0.4) is 0 Å². The fourth-order valence-electron chi connectivity index (χ4n) is 1.56. The Labute approximate surface area is 124 Å². The minimum Gasteiger partial charge on any atom is -0.462 e. The summed E-state index contributed by atoms with van der Waals surface area (Å²) < 4.78 is 7.06. The number of esters is 1. The molecule has 0 saturated heterocycles. The average molecular weight is 315 g/mol. The molecule has 0 amide bonds. The third kappa shape index (κ3) is 2.80. The topological polar surface area (TPSA) is 57.2 Å². The fourth-order valence-corrected chi connectivity index (χ4v) is 2.95. The predicted octanol–water partition coefficient (Wildman–Crippen LogP) is 3.68. The van der Waals surface area contributed by atoms with Crippen molar-refractivity contribution in [2.75, 3.05) is 12.3 Å². The Kier molecular flexibility index (Phi) is 4.24. The second-order valence-electron chi connectivity index (χ2n) is 3.61. The van der Waals surface area contributed by atoms with Gasteiger partial charge >= 0.3 is 5.97 Å². The molecule has 0 aliphatic rings. The van der Waals surface area contributed by atoms with E-state index in [4.69, 9.17) is 34.3 Å². The lowest BCUT2D eigenvalue weighted by atomic mass is 10.3. The quantitative estimate of drug-likeness (QED) is 0.693. The van der Waals surface area contributed by atoms with Crippen LogP contribution < -0.4 is 5.73 Å². The van der Waals surface area contributed by atoms with Gasteiger partial charge in [0.25, 0.3) is 0 Å². The Morgan fingerprint density at radius 1 is 1.47 bits per heavy atom. The van der Waals surface area contributed by atoms with Crippen LogP contribution in [0.5, 0.6) is 0 Å². The summed E-state index contributed by atoms with van der Waals surface area (Å²) in [5.74, 6) is -0.167. The summed E-state index contributed by atoms with van der Waals surface area (Å²) >= 11 is 12.2. The van der Waals surface area contributed by atoms with E-state index < -0.39 is 5.97 Å². The predicted molar refractivity (Wildman–Crippen MR) is 79.9 cm³/mol. The Balaban J connectivity index is 2.51. The van der Waals surface area contributed by atoms with Gasteiger partial charge in [-0.15, -0.1) is 0 Å². The van der Waals surface area contributed by atoms with E-state index in [1.165, 1.54) is 0 Å². The molecule has 0 bridgehead atoms. The summed E-state index contributed by atoms with van der Waals surface area (Å²) in [5.41, 5.74) is 6.74. The van der Waals surface area contributed by atoms with Gasteiger partial charge in [0, 0.05) is 10.7 Å². The molecule has 2 aromatic rings. The van der Waals surface area contributed by atoms with Crippen molar-refractivity contribution in [1.82, 2.24) is 4.57 Å². The highest BCUT2D eigenvalue weighted by molar-refractivity contribution is 7.73. The summed E-state index contributed by atoms with van der Waals surface area (Å²) in [7, 11) is 0. The number of rotatable bonds is 3. The summed E-state index contributed by atoms with van der Waals surface area (Å²) in [6.45, 7) is 2.04. The van der Waals surface area contributed by atoms with E-state index in [2.05, 4.69) is 0 Å². The summed E-state index contributed by atoms with van der Waals surface area (Å²) in [5, 5.41) is 0.620. The van der Waals surface area contributed by atoms with Crippen LogP contribution in [0.2, 0.25) is 5.02 Å². The zero-order valence-corrected chi connectivity index (χ0v) is 12.4. The summed E-state index contributed by atoms with van der Waals surface area (Å²) in [6.07, 6.45) is 0. The van der Waals surface area contributed by atoms with Crippen LogP contribution in [-0.2, 0) is 4.74 Å². The third-order valence-electron chi connectivity index (χ3n) is 2.39. The number of ether oxygens (including phenoxy) is 1. The van der Waals surface area contributed by atoms with Gasteiger partial charge in [-0.2, -0.15) is 0 Å². The average Bonchev–Trinajstić information content (AvgIpc) is 2.67. The first-order chi connectivity index (χ1) is 9.04. The molecule has 0 unspecified atom stereocenters. The van der Waals surface area contributed by atoms with E-state index in [0.717, 1.165) is 17.0 Å². The molecular weight excluding hydrogens is 304 g/mol. The van der Waals surface area contributed by atoms with Crippen LogP contribution in [0.25, 0.3) is 5.69 Å². The van der Waals surface area contributed by atoms with Crippen LogP contribution in [0, 0.1) is 3.95 Å².